The van der Waals surface area contributed by atoms with E-state index in [1.807, 2.05) is 0 Å². The van der Waals surface area contributed by atoms with Crippen LogP contribution in [-0.4, -0.2) is 13.4 Å². The van der Waals surface area contributed by atoms with Gasteiger partial charge in [-0.05, 0) is 159 Å². The molecule has 0 saturated heterocycles. The van der Waals surface area contributed by atoms with Crippen molar-refractivity contribution >= 4 is 97.4 Å². The number of ether oxygens (including phenoxy) is 1. The Bertz CT molecular complexity index is 5260. The van der Waals surface area contributed by atoms with Gasteiger partial charge < -0.3 is 19.4 Å². The van der Waals surface area contributed by atoms with Gasteiger partial charge in [-0.2, -0.15) is 0 Å². The zero-order valence-corrected chi connectivity index (χ0v) is 59.5. The minimum atomic E-state index is -0.256. The molecule has 0 saturated carbocycles. The predicted molar refractivity (Wildman–Crippen MR) is 428 cm³/mol. The second kappa shape index (κ2) is 23.4. The largest absolute Gasteiger partial charge is 0.458 e. The number of para-hydroxylation sites is 2. The molecule has 0 spiro atoms. The van der Waals surface area contributed by atoms with Crippen molar-refractivity contribution in [1.82, 2.24) is 0 Å². The molecule has 4 aliphatic heterocycles. The number of benzene rings is 13. The summed E-state index contributed by atoms with van der Waals surface area (Å²) in [7, 11) is 0. The monoisotopic (exact) mass is 1290 g/mol. The zero-order chi connectivity index (χ0) is 68.7. The summed E-state index contributed by atoms with van der Waals surface area (Å²) >= 11 is 0. The lowest BCUT2D eigenvalue weighted by molar-refractivity contribution is 0.483. The molecule has 4 nitrogen and oxygen atoms in total. The zero-order valence-electron chi connectivity index (χ0n) is 59.5. The van der Waals surface area contributed by atoms with Crippen LogP contribution in [0.1, 0.15) is 105 Å². The van der Waals surface area contributed by atoms with E-state index in [1.54, 1.807) is 0 Å². The van der Waals surface area contributed by atoms with Crippen LogP contribution in [0.15, 0.2) is 285 Å². The SMILES string of the molecule is CC(C)(C)c1ccc(N2c3cc(C(C)(C)C)ccc3B3c4cc5c(cc4N(c4c(-c6ccccc6)cccc4-c4ccccc4)c4cc(-c6ccccc6)cc2c43)Oc2cc(C(C)(C)C)cc3c2B5c2ccc(C(C)(C)C)cc2N3c2c(-c3ccccc3)cccc2-c2ccccc2)cc1. The van der Waals surface area contributed by atoms with E-state index in [0.717, 1.165) is 112 Å². The van der Waals surface area contributed by atoms with Crippen LogP contribution in [0.25, 0.3) is 55.6 Å². The Hall–Kier alpha value is -10.8. The third-order valence-corrected chi connectivity index (χ3v) is 21.5. The van der Waals surface area contributed by atoms with Crippen molar-refractivity contribution in [2.24, 2.45) is 0 Å². The number of nitrogens with zero attached hydrogens (tertiary/aromatic N) is 3. The van der Waals surface area contributed by atoms with E-state index >= 15 is 0 Å². The molecule has 4 heterocycles. The summed E-state index contributed by atoms with van der Waals surface area (Å²) in [5.74, 6) is 1.74. The van der Waals surface area contributed by atoms with Crippen LogP contribution in [-0.2, 0) is 21.7 Å². The second-order valence-corrected chi connectivity index (χ2v) is 32.1. The summed E-state index contributed by atoms with van der Waals surface area (Å²) in [6, 6.07) is 108. The average molecular weight is 1290 g/mol. The topological polar surface area (TPSA) is 19.0 Å². The summed E-state index contributed by atoms with van der Waals surface area (Å²) in [4.78, 5) is 7.90. The van der Waals surface area contributed by atoms with Crippen LogP contribution >= 0.6 is 0 Å². The number of rotatable bonds is 8. The predicted octanol–water partition coefficient (Wildman–Crippen LogP) is 21.7. The van der Waals surface area contributed by atoms with Crippen LogP contribution in [0.4, 0.5) is 51.2 Å². The van der Waals surface area contributed by atoms with Gasteiger partial charge in [-0.25, -0.2) is 0 Å². The Morgan fingerprint density at radius 3 is 1.03 bits per heavy atom. The molecule has 0 radical (unpaired) electrons. The van der Waals surface area contributed by atoms with Crippen molar-refractivity contribution in [3.63, 3.8) is 0 Å². The van der Waals surface area contributed by atoms with Gasteiger partial charge in [-0.15, -0.1) is 0 Å². The lowest BCUT2D eigenvalue weighted by Crippen LogP contribution is -2.64. The number of fused-ring (bicyclic) bond motifs is 8. The van der Waals surface area contributed by atoms with Gasteiger partial charge in [0, 0.05) is 68.1 Å². The molecule has 486 valence electrons. The number of hydrogen-bond acceptors (Lipinski definition) is 4. The van der Waals surface area contributed by atoms with Gasteiger partial charge in [-0.1, -0.05) is 314 Å². The van der Waals surface area contributed by atoms with Crippen molar-refractivity contribution in [2.75, 3.05) is 14.7 Å². The Morgan fingerprint density at radius 1 is 0.240 bits per heavy atom. The van der Waals surface area contributed by atoms with Crippen LogP contribution in [0, 0.1) is 0 Å². The highest BCUT2D eigenvalue weighted by Crippen LogP contribution is 2.55. The average Bonchev–Trinajstić information content (AvgIpc) is 0.685. The van der Waals surface area contributed by atoms with Gasteiger partial charge in [0.25, 0.3) is 13.4 Å². The minimum absolute atomic E-state index is 0.0369. The summed E-state index contributed by atoms with van der Waals surface area (Å²) in [6.07, 6.45) is 0. The van der Waals surface area contributed by atoms with E-state index < -0.39 is 0 Å². The van der Waals surface area contributed by atoms with Crippen molar-refractivity contribution in [3.05, 3.63) is 307 Å². The lowest BCUT2D eigenvalue weighted by atomic mass is 9.30. The van der Waals surface area contributed by atoms with Gasteiger partial charge in [0.05, 0.1) is 11.4 Å². The standard InChI is InChI=1S/C94H83B2N3O/c1-91(2,3)66-44-48-70(49-45-66)97-79-54-67(92(4,5)6)46-50-75(79)95-77-58-78-85(59-81(77)99(83-53-65(52-82(97)87(83)95)60-30-18-13-19-31-60)90-73(63-36-24-16-25-37-63)42-29-43-74(90)64-38-26-17-27-39-64)100-86-57-69(94(10,11)12)56-84-88(86)96(78)76-51-47-68(93(7,8)9)55-80(76)98(84)89-71(61-32-20-14-21-33-61)40-28-41-72(89)62-34-22-15-23-35-62/h13-59H,1-12H3. The maximum Gasteiger partial charge on any atom is 0.256 e. The molecule has 0 aliphatic carbocycles. The molecule has 0 amide bonds. The lowest BCUT2D eigenvalue weighted by Gasteiger charge is -2.47. The van der Waals surface area contributed by atoms with Gasteiger partial charge in [0.15, 0.2) is 0 Å². The molecule has 17 rings (SSSR count). The Kier molecular flexibility index (Phi) is 14.7. The van der Waals surface area contributed by atoms with Crippen molar-refractivity contribution in [2.45, 2.75) is 105 Å². The molecular formula is C94H83B2N3O. The number of hydrogen-bond donors (Lipinski definition) is 0. The Morgan fingerprint density at radius 2 is 0.600 bits per heavy atom. The fourth-order valence-corrected chi connectivity index (χ4v) is 16.2. The molecule has 4 aliphatic rings. The molecule has 6 heteroatoms. The number of anilines is 9. The second-order valence-electron chi connectivity index (χ2n) is 32.1. The van der Waals surface area contributed by atoms with Gasteiger partial charge >= 0.3 is 0 Å². The molecule has 0 unspecified atom stereocenters. The van der Waals surface area contributed by atoms with Crippen molar-refractivity contribution < 1.29 is 4.74 Å². The Labute approximate surface area is 592 Å². The summed E-state index contributed by atoms with van der Waals surface area (Å²) < 4.78 is 8.00. The molecule has 0 bridgehead atoms. The van der Waals surface area contributed by atoms with Gasteiger partial charge in [0.2, 0.25) is 0 Å². The minimum Gasteiger partial charge on any atom is -0.458 e. The molecule has 0 atom stereocenters. The molecule has 0 fully saturated rings. The van der Waals surface area contributed by atoms with Crippen LogP contribution in [0.3, 0.4) is 0 Å². The molecule has 100 heavy (non-hydrogen) atoms. The highest BCUT2D eigenvalue weighted by Gasteiger charge is 2.49. The van der Waals surface area contributed by atoms with E-state index in [1.165, 1.54) is 60.9 Å². The van der Waals surface area contributed by atoms with E-state index in [9.17, 15) is 0 Å². The van der Waals surface area contributed by atoms with Crippen LogP contribution < -0.4 is 52.2 Å². The van der Waals surface area contributed by atoms with E-state index in [-0.39, 0.29) is 35.1 Å². The third kappa shape index (κ3) is 10.4. The molecule has 0 N–H and O–H groups in total. The molecule has 13 aromatic carbocycles. The van der Waals surface area contributed by atoms with Crippen molar-refractivity contribution in [1.29, 1.82) is 0 Å². The smallest absolute Gasteiger partial charge is 0.256 e. The van der Waals surface area contributed by atoms with E-state index in [2.05, 4.69) is 383 Å². The highest BCUT2D eigenvalue weighted by molar-refractivity contribution is 7.02. The fourth-order valence-electron chi connectivity index (χ4n) is 16.2. The summed E-state index contributed by atoms with van der Waals surface area (Å²) in [5, 5.41) is 0. The summed E-state index contributed by atoms with van der Waals surface area (Å²) in [6.45, 7) is 27.6. The fraction of sp³-hybridized carbons (Fsp3) is 0.170. The first-order chi connectivity index (χ1) is 48.2. The van der Waals surface area contributed by atoms with Crippen molar-refractivity contribution in [3.8, 4) is 67.1 Å². The van der Waals surface area contributed by atoms with Crippen LogP contribution in [0.5, 0.6) is 11.5 Å². The van der Waals surface area contributed by atoms with Crippen LogP contribution in [0.2, 0.25) is 0 Å². The first-order valence-electron chi connectivity index (χ1n) is 35.7. The van der Waals surface area contributed by atoms with E-state index in [4.69, 9.17) is 4.74 Å². The molecule has 0 aromatic heterocycles. The maximum absolute atomic E-state index is 8.00. The first-order valence-corrected chi connectivity index (χ1v) is 35.7. The maximum atomic E-state index is 8.00. The highest BCUT2D eigenvalue weighted by atomic mass is 16.5. The molecule has 13 aromatic rings. The normalized spacial score (nSPS) is 13.6. The third-order valence-electron chi connectivity index (χ3n) is 21.5. The first kappa shape index (κ1) is 62.7. The van der Waals surface area contributed by atoms with Gasteiger partial charge in [0.1, 0.15) is 11.5 Å². The van der Waals surface area contributed by atoms with Gasteiger partial charge in [-0.3, -0.25) is 0 Å². The Balaban J connectivity index is 1.01. The summed E-state index contributed by atoms with van der Waals surface area (Å²) in [5.41, 5.74) is 33.5. The molecular weight excluding hydrogens is 1210 g/mol. The van der Waals surface area contributed by atoms with E-state index in [0.29, 0.717) is 0 Å². The quantitative estimate of drug-likeness (QED) is 0.141.